The van der Waals surface area contributed by atoms with Gasteiger partial charge in [0.15, 0.2) is 0 Å². The van der Waals surface area contributed by atoms with Gasteiger partial charge in [-0.2, -0.15) is 0 Å². The lowest BCUT2D eigenvalue weighted by Crippen LogP contribution is -2.48. The summed E-state index contributed by atoms with van der Waals surface area (Å²) in [6.07, 6.45) is 4.36. The van der Waals surface area contributed by atoms with Gasteiger partial charge in [0.25, 0.3) is 5.91 Å². The third-order valence-electron chi connectivity index (χ3n) is 4.65. The average Bonchev–Trinajstić information content (AvgIpc) is 3.15. The minimum atomic E-state index is -0.316. The number of benzene rings is 1. The topological polar surface area (TPSA) is 54.0 Å². The molecule has 1 aromatic carbocycles. The molecule has 2 fully saturated rings. The highest BCUT2D eigenvalue weighted by Gasteiger charge is 2.34. The van der Waals surface area contributed by atoms with Crippen LogP contribution < -0.4 is 10.6 Å². The quantitative estimate of drug-likeness (QED) is 0.909. The van der Waals surface area contributed by atoms with Gasteiger partial charge in [0, 0.05) is 29.1 Å². The molecule has 4 rings (SSSR count). The molecule has 2 unspecified atom stereocenters. The van der Waals surface area contributed by atoms with Crippen molar-refractivity contribution in [1.82, 2.24) is 15.6 Å². The minimum Gasteiger partial charge on any atom is -0.348 e. The van der Waals surface area contributed by atoms with Gasteiger partial charge in [0.1, 0.15) is 16.5 Å². The van der Waals surface area contributed by atoms with E-state index in [0.717, 1.165) is 12.8 Å². The molecule has 4 nitrogen and oxygen atoms in total. The molecule has 120 valence electrons. The van der Waals surface area contributed by atoms with Gasteiger partial charge in [-0.1, -0.05) is 12.1 Å². The van der Waals surface area contributed by atoms with Crippen molar-refractivity contribution in [3.05, 3.63) is 41.2 Å². The van der Waals surface area contributed by atoms with E-state index in [1.165, 1.54) is 30.2 Å². The van der Waals surface area contributed by atoms with E-state index in [4.69, 9.17) is 0 Å². The van der Waals surface area contributed by atoms with Gasteiger partial charge >= 0.3 is 0 Å². The molecule has 2 aromatic rings. The third kappa shape index (κ3) is 3.01. The highest BCUT2D eigenvalue weighted by atomic mass is 32.1. The van der Waals surface area contributed by atoms with Crippen LogP contribution in [0.25, 0.3) is 10.6 Å². The Morgan fingerprint density at radius 2 is 2.00 bits per heavy atom. The highest BCUT2D eigenvalue weighted by Crippen LogP contribution is 2.28. The molecular weight excluding hydrogens is 313 g/mol. The predicted molar refractivity (Wildman–Crippen MR) is 87.9 cm³/mol. The van der Waals surface area contributed by atoms with Crippen molar-refractivity contribution in [2.45, 2.75) is 43.8 Å². The number of piperidine rings is 1. The van der Waals surface area contributed by atoms with Gasteiger partial charge in [0.05, 0.1) is 0 Å². The van der Waals surface area contributed by atoms with Crippen molar-refractivity contribution in [2.75, 3.05) is 0 Å². The van der Waals surface area contributed by atoms with Crippen molar-refractivity contribution < 1.29 is 9.18 Å². The third-order valence-corrected chi connectivity index (χ3v) is 5.52. The molecule has 23 heavy (non-hydrogen) atoms. The van der Waals surface area contributed by atoms with E-state index in [1.807, 2.05) is 0 Å². The van der Waals surface area contributed by atoms with Crippen LogP contribution in [0.15, 0.2) is 29.6 Å². The Bertz CT molecular complexity index is 720. The first kappa shape index (κ1) is 14.8. The summed E-state index contributed by atoms with van der Waals surface area (Å²) in [7, 11) is 0. The number of halogens is 1. The lowest BCUT2D eigenvalue weighted by atomic mass is 10.00. The van der Waals surface area contributed by atoms with Gasteiger partial charge < -0.3 is 10.6 Å². The number of amides is 1. The summed E-state index contributed by atoms with van der Waals surface area (Å²) in [6, 6.07) is 7.77. The number of hydrogen-bond donors (Lipinski definition) is 2. The zero-order valence-electron chi connectivity index (χ0n) is 12.6. The second-order valence-corrected chi connectivity index (χ2v) is 7.16. The first-order valence-electron chi connectivity index (χ1n) is 7.96. The van der Waals surface area contributed by atoms with Gasteiger partial charge in [-0.15, -0.1) is 11.3 Å². The van der Waals surface area contributed by atoms with Crippen molar-refractivity contribution in [1.29, 1.82) is 0 Å². The summed E-state index contributed by atoms with van der Waals surface area (Å²) >= 11 is 1.30. The number of fused-ring (bicyclic) bond motifs is 2. The molecular formula is C17H18FN3OS. The van der Waals surface area contributed by atoms with Crippen molar-refractivity contribution in [3.8, 4) is 10.6 Å². The number of thiazole rings is 1. The molecule has 1 aromatic heterocycles. The Hall–Kier alpha value is -1.79. The zero-order chi connectivity index (χ0) is 15.8. The Balaban J connectivity index is 1.46. The largest absolute Gasteiger partial charge is 0.348 e. The Morgan fingerprint density at radius 3 is 2.74 bits per heavy atom. The van der Waals surface area contributed by atoms with Crippen LogP contribution in [0.4, 0.5) is 4.39 Å². The monoisotopic (exact) mass is 331 g/mol. The summed E-state index contributed by atoms with van der Waals surface area (Å²) in [5.41, 5.74) is 0.815. The summed E-state index contributed by atoms with van der Waals surface area (Å²) < 4.78 is 13.8. The Labute approximate surface area is 138 Å². The number of aromatic nitrogens is 1. The van der Waals surface area contributed by atoms with E-state index in [-0.39, 0.29) is 17.8 Å². The lowest BCUT2D eigenvalue weighted by molar-refractivity contribution is 0.0919. The average molecular weight is 331 g/mol. The van der Waals surface area contributed by atoms with Crippen LogP contribution in [0.3, 0.4) is 0 Å². The van der Waals surface area contributed by atoms with Crippen LogP contribution in [0.5, 0.6) is 0 Å². The van der Waals surface area contributed by atoms with Gasteiger partial charge in [-0.3, -0.25) is 4.79 Å². The first-order valence-corrected chi connectivity index (χ1v) is 8.84. The minimum absolute atomic E-state index is 0.157. The highest BCUT2D eigenvalue weighted by molar-refractivity contribution is 7.13. The van der Waals surface area contributed by atoms with Crippen molar-refractivity contribution >= 4 is 17.2 Å². The molecule has 2 bridgehead atoms. The Kier molecular flexibility index (Phi) is 3.87. The fourth-order valence-electron chi connectivity index (χ4n) is 3.57. The van der Waals surface area contributed by atoms with E-state index in [1.54, 1.807) is 23.6 Å². The fraction of sp³-hybridized carbons (Fsp3) is 0.412. The van der Waals surface area contributed by atoms with E-state index >= 15 is 0 Å². The molecule has 2 N–H and O–H groups in total. The smallest absolute Gasteiger partial charge is 0.270 e. The molecule has 6 heteroatoms. The second-order valence-electron chi connectivity index (χ2n) is 6.30. The predicted octanol–water partition coefficient (Wildman–Crippen LogP) is 2.96. The van der Waals surface area contributed by atoms with E-state index in [9.17, 15) is 9.18 Å². The SMILES string of the molecule is O=C(NC1CC2CCC(C1)N2)c1csc(-c2ccccc2F)n1. The maximum atomic E-state index is 13.8. The molecule has 2 aliphatic heterocycles. The van der Waals surface area contributed by atoms with Crippen molar-refractivity contribution in [2.24, 2.45) is 0 Å². The van der Waals surface area contributed by atoms with Crippen LogP contribution >= 0.6 is 11.3 Å². The standard InChI is InChI=1S/C17H18FN3OS/c18-14-4-2-1-3-13(14)17-21-15(9-23-17)16(22)20-12-7-10-5-6-11(8-12)19-10/h1-4,9-12,19H,5-8H2,(H,20,22). The van der Waals surface area contributed by atoms with Crippen LogP contribution in [-0.2, 0) is 0 Å². The van der Waals surface area contributed by atoms with E-state index in [0.29, 0.717) is 28.3 Å². The molecule has 0 saturated carbocycles. The number of hydrogen-bond acceptors (Lipinski definition) is 4. The number of carbonyl (C=O) groups is 1. The van der Waals surface area contributed by atoms with Crippen molar-refractivity contribution in [3.63, 3.8) is 0 Å². The Morgan fingerprint density at radius 1 is 1.26 bits per heavy atom. The van der Waals surface area contributed by atoms with Gasteiger partial charge in [-0.05, 0) is 37.8 Å². The molecule has 0 radical (unpaired) electrons. The molecule has 0 spiro atoms. The summed E-state index contributed by atoms with van der Waals surface area (Å²) in [5.74, 6) is -0.473. The van der Waals surface area contributed by atoms with E-state index < -0.39 is 0 Å². The number of carbonyl (C=O) groups excluding carboxylic acids is 1. The van der Waals surface area contributed by atoms with Crippen LogP contribution in [0.1, 0.15) is 36.2 Å². The molecule has 3 heterocycles. The summed E-state index contributed by atoms with van der Waals surface area (Å²) in [4.78, 5) is 16.7. The number of nitrogens with zero attached hydrogens (tertiary/aromatic N) is 1. The number of nitrogens with one attached hydrogen (secondary N) is 2. The maximum Gasteiger partial charge on any atom is 0.270 e. The number of rotatable bonds is 3. The lowest BCUT2D eigenvalue weighted by Gasteiger charge is -2.29. The first-order chi connectivity index (χ1) is 11.2. The van der Waals surface area contributed by atoms with Crippen LogP contribution in [0, 0.1) is 5.82 Å². The van der Waals surface area contributed by atoms with Crippen LogP contribution in [0.2, 0.25) is 0 Å². The molecule has 0 aliphatic carbocycles. The summed E-state index contributed by atoms with van der Waals surface area (Å²) in [5, 5.41) is 8.89. The summed E-state index contributed by atoms with van der Waals surface area (Å²) in [6.45, 7) is 0. The maximum absolute atomic E-state index is 13.8. The molecule has 2 saturated heterocycles. The van der Waals surface area contributed by atoms with Gasteiger partial charge in [0.2, 0.25) is 0 Å². The molecule has 2 atom stereocenters. The zero-order valence-corrected chi connectivity index (χ0v) is 13.4. The van der Waals surface area contributed by atoms with Crippen LogP contribution in [-0.4, -0.2) is 29.0 Å². The van der Waals surface area contributed by atoms with E-state index in [2.05, 4.69) is 15.6 Å². The second kappa shape index (κ2) is 6.02. The molecule has 1 amide bonds. The fourth-order valence-corrected chi connectivity index (χ4v) is 4.40. The normalized spacial score (nSPS) is 26.2. The van der Waals surface area contributed by atoms with Gasteiger partial charge in [-0.25, -0.2) is 9.37 Å². The molecule has 2 aliphatic rings.